The van der Waals surface area contributed by atoms with E-state index in [4.69, 9.17) is 4.74 Å². The summed E-state index contributed by atoms with van der Waals surface area (Å²) in [6.07, 6.45) is 3.92. The second-order valence-corrected chi connectivity index (χ2v) is 6.10. The Bertz CT molecular complexity index is 956. The van der Waals surface area contributed by atoms with Crippen molar-refractivity contribution < 1.29 is 9.53 Å². The van der Waals surface area contributed by atoms with Gasteiger partial charge in [-0.1, -0.05) is 54.6 Å². The van der Waals surface area contributed by atoms with Crippen LogP contribution >= 0.6 is 0 Å². The molecule has 0 aliphatic carbocycles. The molecule has 2 amide bonds. The van der Waals surface area contributed by atoms with E-state index in [1.165, 1.54) is 0 Å². The second kappa shape index (κ2) is 7.74. The fourth-order valence-electron chi connectivity index (χ4n) is 2.86. The van der Waals surface area contributed by atoms with Crippen molar-refractivity contribution in [3.05, 3.63) is 84.1 Å². The van der Waals surface area contributed by atoms with Gasteiger partial charge in [-0.3, -0.25) is 4.90 Å². The number of pyridine rings is 1. The number of hydrogen-bond acceptors (Lipinski definition) is 3. The summed E-state index contributed by atoms with van der Waals surface area (Å²) in [5.41, 5.74) is 2.60. The van der Waals surface area contributed by atoms with Crippen molar-refractivity contribution in [2.24, 2.45) is 0 Å². The van der Waals surface area contributed by atoms with Crippen molar-refractivity contribution in [3.63, 3.8) is 0 Å². The number of nitrogens with one attached hydrogen (secondary N) is 1. The highest BCUT2D eigenvalue weighted by Gasteiger charge is 2.25. The SMILES string of the molecule is O=C(Nc1ccccc1)N1CCOc2ccc(C=Cc3ccccc3)nc21. The number of fused-ring (bicyclic) bond motifs is 1. The molecule has 0 saturated heterocycles. The first-order chi connectivity index (χ1) is 13.3. The van der Waals surface area contributed by atoms with E-state index in [1.54, 1.807) is 4.90 Å². The zero-order chi connectivity index (χ0) is 18.5. The number of carbonyl (C=O) groups excluding carboxylic acids is 1. The Morgan fingerprint density at radius 3 is 2.48 bits per heavy atom. The molecule has 5 nitrogen and oxygen atoms in total. The smallest absolute Gasteiger partial charge is 0.327 e. The lowest BCUT2D eigenvalue weighted by atomic mass is 10.2. The van der Waals surface area contributed by atoms with Gasteiger partial charge in [-0.2, -0.15) is 0 Å². The number of carbonyl (C=O) groups is 1. The quantitative estimate of drug-likeness (QED) is 0.740. The van der Waals surface area contributed by atoms with E-state index in [0.717, 1.165) is 16.9 Å². The summed E-state index contributed by atoms with van der Waals surface area (Å²) in [5.74, 6) is 1.14. The molecule has 2 aromatic carbocycles. The Labute approximate surface area is 157 Å². The van der Waals surface area contributed by atoms with Gasteiger partial charge in [0.15, 0.2) is 11.6 Å². The summed E-state index contributed by atoms with van der Waals surface area (Å²) in [5, 5.41) is 2.90. The Kier molecular flexibility index (Phi) is 4.83. The van der Waals surface area contributed by atoms with Gasteiger partial charge in [0.1, 0.15) is 6.61 Å². The van der Waals surface area contributed by atoms with Gasteiger partial charge < -0.3 is 10.1 Å². The van der Waals surface area contributed by atoms with Crippen LogP contribution in [0.4, 0.5) is 16.3 Å². The third-order valence-corrected chi connectivity index (χ3v) is 4.21. The maximum atomic E-state index is 12.7. The molecule has 2 heterocycles. The Hall–Kier alpha value is -3.60. The van der Waals surface area contributed by atoms with E-state index >= 15 is 0 Å². The normalized spacial score (nSPS) is 13.1. The van der Waals surface area contributed by atoms with Gasteiger partial charge in [-0.15, -0.1) is 0 Å². The zero-order valence-corrected chi connectivity index (χ0v) is 14.7. The number of nitrogens with zero attached hydrogens (tertiary/aromatic N) is 2. The average molecular weight is 357 g/mol. The largest absolute Gasteiger partial charge is 0.488 e. The molecule has 5 heteroatoms. The van der Waals surface area contributed by atoms with Crippen molar-refractivity contribution >= 4 is 29.7 Å². The fraction of sp³-hybridized carbons (Fsp3) is 0.0909. The number of ether oxygens (including phenoxy) is 1. The van der Waals surface area contributed by atoms with Crippen LogP contribution in [0.3, 0.4) is 0 Å². The molecule has 0 bridgehead atoms. The monoisotopic (exact) mass is 357 g/mol. The summed E-state index contributed by atoms with van der Waals surface area (Å²) < 4.78 is 5.66. The molecule has 4 rings (SSSR count). The standard InChI is InChI=1S/C22H19N3O2/c26-22(24-18-9-5-2-6-10-18)25-15-16-27-20-14-13-19(23-21(20)25)12-11-17-7-3-1-4-8-17/h1-14H,15-16H2,(H,24,26). The summed E-state index contributed by atoms with van der Waals surface area (Å²) in [6, 6.07) is 22.9. The lowest BCUT2D eigenvalue weighted by Crippen LogP contribution is -2.41. The van der Waals surface area contributed by atoms with E-state index in [1.807, 2.05) is 84.9 Å². The highest BCUT2D eigenvalue weighted by atomic mass is 16.5. The van der Waals surface area contributed by atoms with Crippen molar-refractivity contribution in [2.75, 3.05) is 23.4 Å². The minimum absolute atomic E-state index is 0.220. The molecule has 0 radical (unpaired) electrons. The Balaban J connectivity index is 1.57. The highest BCUT2D eigenvalue weighted by Crippen LogP contribution is 2.30. The highest BCUT2D eigenvalue weighted by molar-refractivity contribution is 6.02. The summed E-state index contributed by atoms with van der Waals surface area (Å²) in [6.45, 7) is 0.889. The van der Waals surface area contributed by atoms with Crippen molar-refractivity contribution in [3.8, 4) is 5.75 Å². The predicted molar refractivity (Wildman–Crippen MR) is 108 cm³/mol. The third kappa shape index (κ3) is 3.98. The first-order valence-electron chi connectivity index (χ1n) is 8.80. The van der Waals surface area contributed by atoms with Crippen LogP contribution in [-0.2, 0) is 0 Å². The molecule has 3 aromatic rings. The van der Waals surface area contributed by atoms with E-state index < -0.39 is 0 Å². The molecule has 1 N–H and O–H groups in total. The molecule has 0 spiro atoms. The second-order valence-electron chi connectivity index (χ2n) is 6.10. The van der Waals surface area contributed by atoms with Crippen LogP contribution in [0.25, 0.3) is 12.2 Å². The van der Waals surface area contributed by atoms with E-state index in [0.29, 0.717) is 24.7 Å². The van der Waals surface area contributed by atoms with Crippen LogP contribution < -0.4 is 15.0 Å². The molecular formula is C22H19N3O2. The van der Waals surface area contributed by atoms with Gasteiger partial charge in [0, 0.05) is 5.69 Å². The number of para-hydroxylation sites is 1. The molecule has 0 saturated carbocycles. The number of rotatable bonds is 3. The van der Waals surface area contributed by atoms with Crippen molar-refractivity contribution in [1.29, 1.82) is 0 Å². The number of urea groups is 1. The molecule has 0 unspecified atom stereocenters. The Morgan fingerprint density at radius 1 is 0.963 bits per heavy atom. The van der Waals surface area contributed by atoms with E-state index in [-0.39, 0.29) is 6.03 Å². The number of benzene rings is 2. The summed E-state index contributed by atoms with van der Waals surface area (Å²) >= 11 is 0. The topological polar surface area (TPSA) is 54.5 Å². The zero-order valence-electron chi connectivity index (χ0n) is 14.7. The predicted octanol–water partition coefficient (Wildman–Crippen LogP) is 4.68. The van der Waals surface area contributed by atoms with E-state index in [9.17, 15) is 4.79 Å². The van der Waals surface area contributed by atoms with Crippen LogP contribution in [0.1, 0.15) is 11.3 Å². The molecule has 27 heavy (non-hydrogen) atoms. The average Bonchev–Trinajstić information content (AvgIpc) is 2.73. The molecule has 0 atom stereocenters. The maximum Gasteiger partial charge on any atom is 0.327 e. The van der Waals surface area contributed by atoms with Gasteiger partial charge in [0.2, 0.25) is 0 Å². The molecule has 0 fully saturated rings. The molecule has 1 aliphatic rings. The van der Waals surface area contributed by atoms with Gasteiger partial charge in [0.25, 0.3) is 0 Å². The molecule has 1 aromatic heterocycles. The van der Waals surface area contributed by atoms with Crippen molar-refractivity contribution in [1.82, 2.24) is 4.98 Å². The lowest BCUT2D eigenvalue weighted by Gasteiger charge is -2.28. The number of amides is 2. The minimum atomic E-state index is -0.220. The first kappa shape index (κ1) is 16.8. The van der Waals surface area contributed by atoms with Crippen molar-refractivity contribution in [2.45, 2.75) is 0 Å². The molecule has 1 aliphatic heterocycles. The lowest BCUT2D eigenvalue weighted by molar-refractivity contribution is 0.249. The van der Waals surface area contributed by atoms with Gasteiger partial charge in [0.05, 0.1) is 12.2 Å². The van der Waals surface area contributed by atoms with Gasteiger partial charge >= 0.3 is 6.03 Å². The fourth-order valence-corrected chi connectivity index (χ4v) is 2.86. The number of hydrogen-bond donors (Lipinski definition) is 1. The minimum Gasteiger partial charge on any atom is -0.488 e. The van der Waals surface area contributed by atoms with Crippen LogP contribution in [0, 0.1) is 0 Å². The van der Waals surface area contributed by atoms with Crippen LogP contribution in [0.2, 0.25) is 0 Å². The number of anilines is 2. The number of aromatic nitrogens is 1. The third-order valence-electron chi connectivity index (χ3n) is 4.21. The van der Waals surface area contributed by atoms with Gasteiger partial charge in [-0.25, -0.2) is 9.78 Å². The molecular weight excluding hydrogens is 338 g/mol. The van der Waals surface area contributed by atoms with Crippen LogP contribution in [-0.4, -0.2) is 24.2 Å². The summed E-state index contributed by atoms with van der Waals surface area (Å²) in [7, 11) is 0. The summed E-state index contributed by atoms with van der Waals surface area (Å²) in [4.78, 5) is 19.0. The Morgan fingerprint density at radius 2 is 1.70 bits per heavy atom. The van der Waals surface area contributed by atoms with Gasteiger partial charge in [-0.05, 0) is 35.9 Å². The van der Waals surface area contributed by atoms with Crippen LogP contribution in [0.5, 0.6) is 5.75 Å². The first-order valence-corrected chi connectivity index (χ1v) is 8.80. The molecule has 134 valence electrons. The van der Waals surface area contributed by atoms with Crippen LogP contribution in [0.15, 0.2) is 72.8 Å². The van der Waals surface area contributed by atoms with E-state index in [2.05, 4.69) is 10.3 Å². The maximum absolute atomic E-state index is 12.7.